The molecule has 0 bridgehead atoms. The minimum Gasteiger partial charge on any atom is -0.334 e. The lowest BCUT2D eigenvalue weighted by Crippen LogP contribution is -2.30. The number of benzene rings is 2. The van der Waals surface area contributed by atoms with E-state index in [0.717, 1.165) is 17.0 Å². The van der Waals surface area contributed by atoms with E-state index in [1.807, 2.05) is 0 Å². The third-order valence-electron chi connectivity index (χ3n) is 4.05. The molecule has 7 heteroatoms. The zero-order chi connectivity index (χ0) is 19.7. The van der Waals surface area contributed by atoms with Crippen LogP contribution in [0.25, 0.3) is 11.3 Å². The minimum atomic E-state index is -2.74. The van der Waals surface area contributed by atoms with Crippen molar-refractivity contribution in [2.45, 2.75) is 6.43 Å². The minimum absolute atomic E-state index is 0.0265. The second-order valence-corrected chi connectivity index (χ2v) is 7.10. The van der Waals surface area contributed by atoms with Gasteiger partial charge in [-0.05, 0) is 39.7 Å². The van der Waals surface area contributed by atoms with Crippen LogP contribution in [0.5, 0.6) is 0 Å². The van der Waals surface area contributed by atoms with E-state index in [0.29, 0.717) is 15.6 Å². The van der Waals surface area contributed by atoms with Crippen LogP contribution in [0.1, 0.15) is 11.1 Å². The Kier molecular flexibility index (Phi) is 5.77. The summed E-state index contributed by atoms with van der Waals surface area (Å²) in [6, 6.07) is 10.6. The summed E-state index contributed by atoms with van der Waals surface area (Å²) in [7, 11) is 0. The van der Waals surface area contributed by atoms with E-state index < -0.39 is 30.2 Å². The molecule has 0 radical (unpaired) electrons. The van der Waals surface area contributed by atoms with E-state index >= 15 is 0 Å². The molecule has 0 atom stereocenters. The maximum absolute atomic E-state index is 14.7. The number of nitrogens with zero attached hydrogens (tertiary/aromatic N) is 1. The number of halogens is 6. The predicted molar refractivity (Wildman–Crippen MR) is 103 cm³/mol. The summed E-state index contributed by atoms with van der Waals surface area (Å²) in [5.41, 5.74) is 0.719. The molecule has 27 heavy (non-hydrogen) atoms. The van der Waals surface area contributed by atoms with Crippen LogP contribution >= 0.6 is 27.5 Å². The van der Waals surface area contributed by atoms with Crippen molar-refractivity contribution in [1.82, 2.24) is 4.90 Å². The van der Waals surface area contributed by atoms with Crippen LogP contribution in [-0.2, 0) is 0 Å². The maximum Gasteiger partial charge on any atom is 0.256 e. The smallest absolute Gasteiger partial charge is 0.256 e. The van der Waals surface area contributed by atoms with Crippen molar-refractivity contribution in [2.24, 2.45) is 0 Å². The molecule has 1 aliphatic rings. The predicted octanol–water partition coefficient (Wildman–Crippen LogP) is 6.86. The summed E-state index contributed by atoms with van der Waals surface area (Å²) in [5, 5.41) is -0.123. The summed E-state index contributed by atoms with van der Waals surface area (Å²) >= 11 is 9.02. The summed E-state index contributed by atoms with van der Waals surface area (Å²) < 4.78 is 56.3. The number of allylic oxidation sites excluding steroid dienone is 3. The molecule has 1 aliphatic heterocycles. The highest BCUT2D eigenvalue weighted by molar-refractivity contribution is 9.12. The van der Waals surface area contributed by atoms with Crippen molar-refractivity contribution < 1.29 is 17.6 Å². The zero-order valence-electron chi connectivity index (χ0n) is 13.8. The Balaban J connectivity index is 2.36. The molecule has 140 valence electrons. The van der Waals surface area contributed by atoms with E-state index in [4.69, 9.17) is 11.6 Å². The quantitative estimate of drug-likeness (QED) is 0.452. The topological polar surface area (TPSA) is 3.24 Å². The molecule has 0 saturated heterocycles. The maximum atomic E-state index is 14.7. The number of hydrogen-bond donors (Lipinski definition) is 0. The fourth-order valence-electron chi connectivity index (χ4n) is 2.90. The average Bonchev–Trinajstić information content (AvgIpc) is 2.60. The molecular weight excluding hydrogens is 446 g/mol. The van der Waals surface area contributed by atoms with E-state index in [-0.39, 0.29) is 16.4 Å². The standard InChI is InChI=1S/C20H13BrClF4N/c1-11-15(21)9-14(12-5-3-2-4-6-12)20(27(11)10-18(25)26)19-16(23)7-13(22)8-17(19)24/h2-9,18H,1,10H2. The van der Waals surface area contributed by atoms with Crippen molar-refractivity contribution >= 4 is 38.8 Å². The fourth-order valence-corrected chi connectivity index (χ4v) is 3.54. The first-order chi connectivity index (χ1) is 12.8. The van der Waals surface area contributed by atoms with Gasteiger partial charge in [-0.1, -0.05) is 48.5 Å². The van der Waals surface area contributed by atoms with Crippen molar-refractivity contribution in [2.75, 3.05) is 6.54 Å². The van der Waals surface area contributed by atoms with Gasteiger partial charge >= 0.3 is 0 Å². The monoisotopic (exact) mass is 457 g/mol. The molecule has 0 saturated carbocycles. The van der Waals surface area contributed by atoms with Crippen LogP contribution in [0.2, 0.25) is 5.02 Å². The Morgan fingerprint density at radius 3 is 2.22 bits per heavy atom. The first kappa shape index (κ1) is 19.7. The lowest BCUT2D eigenvalue weighted by atomic mass is 9.94. The first-order valence-electron chi connectivity index (χ1n) is 7.86. The third kappa shape index (κ3) is 3.96. The van der Waals surface area contributed by atoms with Gasteiger partial charge in [0.2, 0.25) is 0 Å². The van der Waals surface area contributed by atoms with Gasteiger partial charge in [0, 0.05) is 20.8 Å². The van der Waals surface area contributed by atoms with Gasteiger partial charge in [-0.3, -0.25) is 0 Å². The van der Waals surface area contributed by atoms with Gasteiger partial charge in [0.1, 0.15) is 11.6 Å². The largest absolute Gasteiger partial charge is 0.334 e. The van der Waals surface area contributed by atoms with Crippen LogP contribution in [0.4, 0.5) is 17.6 Å². The molecule has 3 rings (SSSR count). The van der Waals surface area contributed by atoms with Gasteiger partial charge < -0.3 is 4.90 Å². The second kappa shape index (κ2) is 7.90. The summed E-state index contributed by atoms with van der Waals surface area (Å²) in [6.07, 6.45) is -1.13. The lowest BCUT2D eigenvalue weighted by molar-refractivity contribution is 0.123. The molecule has 0 fully saturated rings. The van der Waals surface area contributed by atoms with Crippen LogP contribution < -0.4 is 0 Å². The van der Waals surface area contributed by atoms with Crippen LogP contribution in [0.3, 0.4) is 0 Å². The van der Waals surface area contributed by atoms with Gasteiger partial charge in [-0.2, -0.15) is 0 Å². The third-order valence-corrected chi connectivity index (χ3v) is 4.95. The summed E-state index contributed by atoms with van der Waals surface area (Å²) in [4.78, 5) is 1.12. The summed E-state index contributed by atoms with van der Waals surface area (Å²) in [6.45, 7) is 3.01. The molecule has 2 aromatic rings. The Labute approximate surface area is 167 Å². The molecule has 0 aliphatic carbocycles. The van der Waals surface area contributed by atoms with Crippen molar-refractivity contribution in [1.29, 1.82) is 0 Å². The zero-order valence-corrected chi connectivity index (χ0v) is 16.2. The first-order valence-corrected chi connectivity index (χ1v) is 9.03. The number of alkyl halides is 2. The van der Waals surface area contributed by atoms with Crippen LogP contribution in [0, 0.1) is 11.6 Å². The van der Waals surface area contributed by atoms with Gasteiger partial charge in [-0.15, -0.1) is 0 Å². The van der Waals surface area contributed by atoms with Gasteiger partial charge in [0.25, 0.3) is 6.43 Å². The normalized spacial score (nSPS) is 14.9. The van der Waals surface area contributed by atoms with Gasteiger partial charge in [0.15, 0.2) is 0 Å². The molecule has 1 nitrogen and oxygen atoms in total. The van der Waals surface area contributed by atoms with E-state index in [1.54, 1.807) is 36.4 Å². The van der Waals surface area contributed by atoms with Crippen LogP contribution in [-0.4, -0.2) is 17.9 Å². The molecular formula is C20H13BrClF4N. The van der Waals surface area contributed by atoms with Crippen molar-refractivity contribution in [3.63, 3.8) is 0 Å². The van der Waals surface area contributed by atoms with Crippen LogP contribution in [0.15, 0.2) is 65.3 Å². The molecule has 0 N–H and O–H groups in total. The Morgan fingerprint density at radius 2 is 1.67 bits per heavy atom. The number of hydrogen-bond acceptors (Lipinski definition) is 1. The second-order valence-electron chi connectivity index (χ2n) is 5.81. The highest BCUT2D eigenvalue weighted by Crippen LogP contribution is 2.43. The highest BCUT2D eigenvalue weighted by Gasteiger charge is 2.31. The van der Waals surface area contributed by atoms with E-state index in [1.165, 1.54) is 0 Å². The van der Waals surface area contributed by atoms with Gasteiger partial charge in [0.05, 0.1) is 17.8 Å². The van der Waals surface area contributed by atoms with Crippen molar-refractivity contribution in [3.05, 3.63) is 93.1 Å². The molecule has 1 heterocycles. The van der Waals surface area contributed by atoms with Crippen molar-refractivity contribution in [3.8, 4) is 0 Å². The molecule has 0 unspecified atom stereocenters. The molecule has 0 spiro atoms. The Morgan fingerprint density at radius 1 is 1.07 bits per heavy atom. The molecule has 2 aromatic carbocycles. The fraction of sp³-hybridized carbons (Fsp3) is 0.100. The van der Waals surface area contributed by atoms with E-state index in [9.17, 15) is 17.6 Å². The van der Waals surface area contributed by atoms with Gasteiger partial charge in [-0.25, -0.2) is 17.6 Å². The Hall–Kier alpha value is -2.05. The SMILES string of the molecule is C=C1C(Br)=CC(c2ccccc2)=C(c2c(F)cc(Cl)cc2F)N1CC(F)F. The number of rotatable bonds is 4. The van der Waals surface area contributed by atoms with E-state index in [2.05, 4.69) is 22.5 Å². The summed E-state index contributed by atoms with van der Waals surface area (Å²) in [5.74, 6) is -1.89. The Bertz CT molecular complexity index is 931. The molecule has 0 aromatic heterocycles. The highest BCUT2D eigenvalue weighted by atomic mass is 79.9. The lowest BCUT2D eigenvalue weighted by Gasteiger charge is -2.34. The molecule has 0 amide bonds. The average molecular weight is 459 g/mol.